The summed E-state index contributed by atoms with van der Waals surface area (Å²) in [7, 11) is 4.34. The van der Waals surface area contributed by atoms with Gasteiger partial charge in [0.25, 0.3) is 0 Å². The number of aromatic nitrogens is 6. The van der Waals surface area contributed by atoms with E-state index in [4.69, 9.17) is 33.2 Å². The summed E-state index contributed by atoms with van der Waals surface area (Å²) in [6.07, 6.45) is 3.64. The van der Waals surface area contributed by atoms with Crippen LogP contribution in [-0.2, 0) is 0 Å². The molecule has 0 aliphatic carbocycles. The Morgan fingerprint density at radius 1 is 0.441 bits per heavy atom. The van der Waals surface area contributed by atoms with E-state index in [9.17, 15) is 0 Å². The van der Waals surface area contributed by atoms with E-state index in [2.05, 4.69) is 80.1 Å². The fourth-order valence-corrected chi connectivity index (χ4v) is 7.97. The molecule has 9 aromatic rings. The summed E-state index contributed by atoms with van der Waals surface area (Å²) in [4.78, 5) is 35.7. The Morgan fingerprint density at radius 3 is 1.22 bits per heavy atom. The Morgan fingerprint density at radius 2 is 0.831 bits per heavy atom. The van der Waals surface area contributed by atoms with Gasteiger partial charge in [0.05, 0.1) is 22.1 Å². The Bertz CT molecular complexity index is 2710. The molecule has 0 radical (unpaired) electrons. The third-order valence-electron chi connectivity index (χ3n) is 11.6. The highest BCUT2D eigenvalue weighted by molar-refractivity contribution is 5.84. The molecule has 9 heterocycles. The number of likely N-dealkylation sites (N-methyl/N-ethyl adjacent to an activating group) is 2. The SMILES string of the molecule is CN1CCN(c2ccc3nc(-c4ccc(-c5ccc(-c6ccc(-c7ccc(-c8ccc(-c9nc%10ccc(N%11CCN(C)CC%11)cc%10[nH]9)cn8)o7)o6)o5)nc4)[nH]c3c2)CC1. The van der Waals surface area contributed by atoms with Crippen molar-refractivity contribution in [3.05, 3.63) is 109 Å². The average Bonchev–Trinajstić information content (AvgIpc) is 4.13. The summed E-state index contributed by atoms with van der Waals surface area (Å²) in [6.45, 7) is 8.35. The molecule has 2 N–H and O–H groups in total. The number of H-pyrrole nitrogens is 2. The number of imidazole rings is 2. The second-order valence-electron chi connectivity index (χ2n) is 15.5. The predicted molar refractivity (Wildman–Crippen MR) is 230 cm³/mol. The number of benzene rings is 2. The highest BCUT2D eigenvalue weighted by atomic mass is 16.4. The van der Waals surface area contributed by atoms with Crippen molar-refractivity contribution in [3.8, 4) is 68.7 Å². The van der Waals surface area contributed by atoms with E-state index >= 15 is 0 Å². The maximum atomic E-state index is 6.22. The number of rotatable bonds is 8. The molecule has 0 saturated carbocycles. The van der Waals surface area contributed by atoms with Crippen molar-refractivity contribution in [2.24, 2.45) is 0 Å². The largest absolute Gasteiger partial charge is 0.451 e. The molecule has 0 bridgehead atoms. The van der Waals surface area contributed by atoms with Crippen LogP contribution in [0.15, 0.2) is 123 Å². The zero-order chi connectivity index (χ0) is 39.5. The number of piperazine rings is 2. The molecule has 0 atom stereocenters. The van der Waals surface area contributed by atoms with Crippen LogP contribution in [0.25, 0.3) is 90.8 Å². The molecule has 2 saturated heterocycles. The Balaban J connectivity index is 0.750. The first kappa shape index (κ1) is 35.2. The van der Waals surface area contributed by atoms with E-state index < -0.39 is 0 Å². The van der Waals surface area contributed by atoms with Gasteiger partial charge in [-0.05, 0) is 111 Å². The summed E-state index contributed by atoms with van der Waals surface area (Å²) in [5, 5.41) is 0. The molecule has 294 valence electrons. The van der Waals surface area contributed by atoms with E-state index in [0.717, 1.165) is 97.2 Å². The zero-order valence-electron chi connectivity index (χ0n) is 32.9. The average molecular weight is 783 g/mol. The summed E-state index contributed by atoms with van der Waals surface area (Å²) in [5.41, 5.74) is 9.56. The van der Waals surface area contributed by atoms with Crippen LogP contribution in [0, 0.1) is 0 Å². The monoisotopic (exact) mass is 782 g/mol. The first-order valence-electron chi connectivity index (χ1n) is 20.1. The summed E-state index contributed by atoms with van der Waals surface area (Å²) in [6, 6.07) is 32.1. The van der Waals surface area contributed by atoms with Gasteiger partial charge in [-0.3, -0.25) is 9.97 Å². The highest BCUT2D eigenvalue weighted by Gasteiger charge is 2.19. The van der Waals surface area contributed by atoms with Crippen LogP contribution >= 0.6 is 0 Å². The number of hydrogen-bond donors (Lipinski definition) is 2. The van der Waals surface area contributed by atoms with E-state index in [1.54, 1.807) is 0 Å². The van der Waals surface area contributed by atoms with Crippen molar-refractivity contribution in [1.82, 2.24) is 39.7 Å². The maximum absolute atomic E-state index is 6.22. The van der Waals surface area contributed by atoms with E-state index in [0.29, 0.717) is 45.9 Å². The molecule has 2 aliphatic rings. The molecule has 11 rings (SSSR count). The first-order chi connectivity index (χ1) is 29.0. The lowest BCUT2D eigenvalue weighted by Crippen LogP contribution is -2.44. The molecule has 0 spiro atoms. The van der Waals surface area contributed by atoms with Crippen LogP contribution in [-0.4, -0.2) is 106 Å². The Kier molecular flexibility index (Phi) is 8.63. The predicted octanol–water partition coefficient (Wildman–Crippen LogP) is 8.51. The number of fused-ring (bicyclic) bond motifs is 2. The molecule has 13 nitrogen and oxygen atoms in total. The number of anilines is 2. The van der Waals surface area contributed by atoms with Gasteiger partial charge in [0.1, 0.15) is 23.0 Å². The van der Waals surface area contributed by atoms with Crippen molar-refractivity contribution in [1.29, 1.82) is 0 Å². The third-order valence-corrected chi connectivity index (χ3v) is 11.6. The van der Waals surface area contributed by atoms with Crippen molar-refractivity contribution in [2.45, 2.75) is 0 Å². The summed E-state index contributed by atoms with van der Waals surface area (Å²) >= 11 is 0. The van der Waals surface area contributed by atoms with Crippen LogP contribution in [0.2, 0.25) is 0 Å². The number of nitrogens with one attached hydrogen (secondary N) is 2. The second kappa shape index (κ2) is 14.5. The van der Waals surface area contributed by atoms with Crippen LogP contribution in [0.4, 0.5) is 11.4 Å². The maximum Gasteiger partial charge on any atom is 0.170 e. The lowest BCUT2D eigenvalue weighted by atomic mass is 10.2. The molecule has 7 aromatic heterocycles. The highest BCUT2D eigenvalue weighted by Crippen LogP contribution is 2.35. The van der Waals surface area contributed by atoms with Gasteiger partial charge in [0.2, 0.25) is 0 Å². The van der Waals surface area contributed by atoms with Crippen molar-refractivity contribution < 1.29 is 13.3 Å². The summed E-state index contributed by atoms with van der Waals surface area (Å²) < 4.78 is 18.6. The van der Waals surface area contributed by atoms with Gasteiger partial charge < -0.3 is 42.8 Å². The number of furan rings is 3. The second-order valence-corrected chi connectivity index (χ2v) is 15.5. The van der Waals surface area contributed by atoms with E-state index in [-0.39, 0.29) is 0 Å². The molecular weight excluding hydrogens is 741 g/mol. The molecule has 2 aliphatic heterocycles. The lowest BCUT2D eigenvalue weighted by molar-refractivity contribution is 0.313. The molecular formula is C46H42N10O3. The molecule has 13 heteroatoms. The molecule has 2 fully saturated rings. The lowest BCUT2D eigenvalue weighted by Gasteiger charge is -2.34. The van der Waals surface area contributed by atoms with Gasteiger partial charge in [-0.1, -0.05) is 0 Å². The van der Waals surface area contributed by atoms with Crippen LogP contribution < -0.4 is 9.80 Å². The van der Waals surface area contributed by atoms with E-state index in [1.165, 1.54) is 11.4 Å². The quantitative estimate of drug-likeness (QED) is 0.154. The topological polar surface area (TPSA) is 136 Å². The molecule has 0 amide bonds. The standard InChI is InChI=1S/C46H42N10O3/c1-53-17-21-55(22-18-53)31-5-9-33-37(25-31)51-45(49-33)29-3-7-35(47-27-29)39-11-13-41(57-39)43-15-16-44(59-43)42-14-12-40(58-42)36-8-4-30(28-48-36)46-50-34-10-6-32(26-38(34)52-46)56-23-19-54(2)20-24-56/h3-16,25-28H,17-24H2,1-2H3,(H,49,51)(H,50,52). The minimum atomic E-state index is 0.586. The summed E-state index contributed by atoms with van der Waals surface area (Å²) in [5.74, 6) is 5.20. The zero-order valence-corrected chi connectivity index (χ0v) is 32.9. The number of hydrogen-bond acceptors (Lipinski definition) is 11. The van der Waals surface area contributed by atoms with Crippen molar-refractivity contribution in [3.63, 3.8) is 0 Å². The fourth-order valence-electron chi connectivity index (χ4n) is 7.97. The van der Waals surface area contributed by atoms with Gasteiger partial charge in [-0.2, -0.15) is 0 Å². The van der Waals surface area contributed by atoms with Crippen molar-refractivity contribution >= 4 is 33.4 Å². The van der Waals surface area contributed by atoms with Gasteiger partial charge in [-0.25, -0.2) is 9.97 Å². The molecule has 0 unspecified atom stereocenters. The van der Waals surface area contributed by atoms with Gasteiger partial charge in [0.15, 0.2) is 34.6 Å². The van der Waals surface area contributed by atoms with Gasteiger partial charge in [0, 0.05) is 87.3 Å². The first-order valence-corrected chi connectivity index (χ1v) is 20.1. The molecule has 2 aromatic carbocycles. The van der Waals surface area contributed by atoms with Gasteiger partial charge in [-0.15, -0.1) is 0 Å². The van der Waals surface area contributed by atoms with Gasteiger partial charge >= 0.3 is 0 Å². The smallest absolute Gasteiger partial charge is 0.170 e. The molecule has 59 heavy (non-hydrogen) atoms. The van der Waals surface area contributed by atoms with Crippen LogP contribution in [0.5, 0.6) is 0 Å². The van der Waals surface area contributed by atoms with Crippen LogP contribution in [0.1, 0.15) is 0 Å². The number of pyridine rings is 2. The minimum absolute atomic E-state index is 0.586. The van der Waals surface area contributed by atoms with Crippen molar-refractivity contribution in [2.75, 3.05) is 76.3 Å². The van der Waals surface area contributed by atoms with Crippen LogP contribution in [0.3, 0.4) is 0 Å². The Hall–Kier alpha value is -6.96. The third kappa shape index (κ3) is 6.83. The normalized spacial score (nSPS) is 15.6. The van der Waals surface area contributed by atoms with E-state index in [1.807, 2.05) is 73.1 Å². The Labute approximate surface area is 339 Å². The fraction of sp³-hybridized carbons (Fsp3) is 0.217. The number of aromatic amines is 2. The number of nitrogens with zero attached hydrogens (tertiary/aromatic N) is 8. The minimum Gasteiger partial charge on any atom is -0.451 e.